The molecular weight excluding hydrogens is 342 g/mol. The monoisotopic (exact) mass is 367 g/mol. The summed E-state index contributed by atoms with van der Waals surface area (Å²) in [4.78, 5) is 14.4. The van der Waals surface area contributed by atoms with Gasteiger partial charge in [-0.05, 0) is 92.9 Å². The molecule has 0 atom stereocenters. The van der Waals surface area contributed by atoms with Gasteiger partial charge in [0.05, 0.1) is 0 Å². The first-order chi connectivity index (χ1) is 12.5. The van der Waals surface area contributed by atoms with Crippen LogP contribution >= 0.6 is 12.2 Å². The topological polar surface area (TPSA) is 44.4 Å². The summed E-state index contributed by atoms with van der Waals surface area (Å²) in [6.45, 7) is 5.85. The molecule has 0 radical (unpaired) electrons. The third-order valence-corrected chi connectivity index (χ3v) is 4.72. The molecule has 0 aromatic heterocycles. The van der Waals surface area contributed by atoms with Crippen LogP contribution < -0.4 is 10.6 Å². The van der Waals surface area contributed by atoms with Crippen LogP contribution in [0.1, 0.15) is 40.7 Å². The van der Waals surface area contributed by atoms with Gasteiger partial charge < -0.3 is 15.5 Å². The first-order valence-electron chi connectivity index (χ1n) is 9.07. The third-order valence-electron chi connectivity index (χ3n) is 4.51. The minimum atomic E-state index is 0.118. The molecule has 0 aliphatic carbocycles. The predicted octanol–water partition coefficient (Wildman–Crippen LogP) is 4.74. The van der Waals surface area contributed by atoms with E-state index in [1.165, 1.54) is 17.5 Å². The van der Waals surface area contributed by atoms with Gasteiger partial charge in [0, 0.05) is 30.0 Å². The first kappa shape index (κ1) is 18.4. The number of hydrogen-bond acceptors (Lipinski definition) is 2. The molecule has 136 valence electrons. The van der Waals surface area contributed by atoms with Gasteiger partial charge in [-0.3, -0.25) is 4.79 Å². The number of rotatable bonds is 3. The lowest BCUT2D eigenvalue weighted by Crippen LogP contribution is -2.35. The fourth-order valence-electron chi connectivity index (χ4n) is 3.32. The highest BCUT2D eigenvalue weighted by Crippen LogP contribution is 2.17. The van der Waals surface area contributed by atoms with Gasteiger partial charge in [-0.15, -0.1) is 0 Å². The maximum atomic E-state index is 12.5. The van der Waals surface area contributed by atoms with Crippen molar-refractivity contribution in [2.75, 3.05) is 23.7 Å². The van der Waals surface area contributed by atoms with Gasteiger partial charge in [0.2, 0.25) is 0 Å². The number of carbonyl (C=O) groups excluding carboxylic acids is 1. The molecule has 0 bridgehead atoms. The zero-order valence-electron chi connectivity index (χ0n) is 15.3. The molecule has 1 aliphatic heterocycles. The molecule has 1 aliphatic rings. The number of piperidine rings is 1. The molecule has 4 nitrogen and oxygen atoms in total. The van der Waals surface area contributed by atoms with E-state index in [-0.39, 0.29) is 5.91 Å². The van der Waals surface area contributed by atoms with E-state index < -0.39 is 0 Å². The standard InChI is InChI=1S/C21H25N3OS/c1-15-12-16(2)14-19(13-15)23-21(26)22-18-8-6-17(7-9-18)20(25)24-10-4-3-5-11-24/h6-9,12-14H,3-5,10-11H2,1-2H3,(H2,22,23,26). The van der Waals surface area contributed by atoms with Gasteiger partial charge in [0.25, 0.3) is 5.91 Å². The summed E-state index contributed by atoms with van der Waals surface area (Å²) < 4.78 is 0. The van der Waals surface area contributed by atoms with Crippen molar-refractivity contribution in [1.82, 2.24) is 4.90 Å². The molecule has 0 saturated carbocycles. The molecule has 1 heterocycles. The summed E-state index contributed by atoms with van der Waals surface area (Å²) in [6.07, 6.45) is 3.42. The average Bonchev–Trinajstić information content (AvgIpc) is 2.61. The third kappa shape index (κ3) is 4.82. The van der Waals surface area contributed by atoms with Crippen LogP contribution in [0.4, 0.5) is 11.4 Å². The maximum Gasteiger partial charge on any atom is 0.253 e. The van der Waals surface area contributed by atoms with Gasteiger partial charge in [-0.2, -0.15) is 0 Å². The van der Waals surface area contributed by atoms with Gasteiger partial charge in [0.1, 0.15) is 0 Å². The van der Waals surface area contributed by atoms with E-state index in [0.29, 0.717) is 5.11 Å². The molecule has 5 heteroatoms. The Labute approximate surface area is 160 Å². The second kappa shape index (κ2) is 8.32. The number of benzene rings is 2. The van der Waals surface area contributed by atoms with Crippen LogP contribution in [0.25, 0.3) is 0 Å². The van der Waals surface area contributed by atoms with E-state index >= 15 is 0 Å². The van der Waals surface area contributed by atoms with E-state index in [0.717, 1.165) is 42.9 Å². The van der Waals surface area contributed by atoms with Gasteiger partial charge in [0.15, 0.2) is 5.11 Å². The lowest BCUT2D eigenvalue weighted by atomic mass is 10.1. The van der Waals surface area contributed by atoms with E-state index in [4.69, 9.17) is 12.2 Å². The zero-order valence-corrected chi connectivity index (χ0v) is 16.2. The highest BCUT2D eigenvalue weighted by atomic mass is 32.1. The van der Waals surface area contributed by atoms with E-state index in [1.807, 2.05) is 29.2 Å². The quantitative estimate of drug-likeness (QED) is 0.769. The number of hydrogen-bond donors (Lipinski definition) is 2. The van der Waals surface area contributed by atoms with Gasteiger partial charge >= 0.3 is 0 Å². The van der Waals surface area contributed by atoms with Crippen molar-refractivity contribution in [1.29, 1.82) is 0 Å². The van der Waals surface area contributed by atoms with Crippen molar-refractivity contribution in [3.05, 3.63) is 59.2 Å². The number of anilines is 2. The fraction of sp³-hybridized carbons (Fsp3) is 0.333. The normalized spacial score (nSPS) is 14.0. The smallest absolute Gasteiger partial charge is 0.253 e. The molecule has 1 saturated heterocycles. The Bertz CT molecular complexity index is 775. The van der Waals surface area contributed by atoms with Crippen LogP contribution in [0.15, 0.2) is 42.5 Å². The van der Waals surface area contributed by atoms with Crippen molar-refractivity contribution >= 4 is 34.6 Å². The van der Waals surface area contributed by atoms with E-state index in [1.54, 1.807) is 0 Å². The van der Waals surface area contributed by atoms with Crippen molar-refractivity contribution in [2.45, 2.75) is 33.1 Å². The second-order valence-corrected chi connectivity index (χ2v) is 7.29. The molecule has 1 amide bonds. The Kier molecular flexibility index (Phi) is 5.89. The van der Waals surface area contributed by atoms with Crippen molar-refractivity contribution in [3.63, 3.8) is 0 Å². The molecule has 0 unspecified atom stereocenters. The molecule has 2 aromatic carbocycles. The fourth-order valence-corrected chi connectivity index (χ4v) is 3.55. The number of carbonyl (C=O) groups is 1. The Morgan fingerprint density at radius 3 is 2.08 bits per heavy atom. The summed E-state index contributed by atoms with van der Waals surface area (Å²) in [5.74, 6) is 0.118. The number of likely N-dealkylation sites (tertiary alicyclic amines) is 1. The maximum absolute atomic E-state index is 12.5. The van der Waals surface area contributed by atoms with E-state index in [2.05, 4.69) is 42.7 Å². The minimum Gasteiger partial charge on any atom is -0.339 e. The number of thiocarbonyl (C=S) groups is 1. The molecule has 0 spiro atoms. The SMILES string of the molecule is Cc1cc(C)cc(NC(=S)Nc2ccc(C(=O)N3CCCCC3)cc2)c1. The largest absolute Gasteiger partial charge is 0.339 e. The second-order valence-electron chi connectivity index (χ2n) is 6.89. The summed E-state index contributed by atoms with van der Waals surface area (Å²) in [5, 5.41) is 6.91. The lowest BCUT2D eigenvalue weighted by Gasteiger charge is -2.26. The highest BCUT2D eigenvalue weighted by molar-refractivity contribution is 7.80. The number of aryl methyl sites for hydroxylation is 2. The molecule has 1 fully saturated rings. The van der Waals surface area contributed by atoms with Crippen LogP contribution in [-0.2, 0) is 0 Å². The summed E-state index contributed by atoms with van der Waals surface area (Å²) in [7, 11) is 0. The van der Waals surface area contributed by atoms with Gasteiger partial charge in [-0.25, -0.2) is 0 Å². The first-order valence-corrected chi connectivity index (χ1v) is 9.48. The summed E-state index contributed by atoms with van der Waals surface area (Å²) in [5.41, 5.74) is 4.94. The predicted molar refractivity (Wildman–Crippen MR) is 112 cm³/mol. The Balaban J connectivity index is 1.59. The zero-order chi connectivity index (χ0) is 18.5. The average molecular weight is 368 g/mol. The Morgan fingerprint density at radius 2 is 1.46 bits per heavy atom. The lowest BCUT2D eigenvalue weighted by molar-refractivity contribution is 0.0724. The summed E-state index contributed by atoms with van der Waals surface area (Å²) >= 11 is 5.39. The van der Waals surface area contributed by atoms with E-state index in [9.17, 15) is 4.79 Å². The molecule has 2 aromatic rings. The number of nitrogens with one attached hydrogen (secondary N) is 2. The molecule has 3 rings (SSSR count). The number of amides is 1. The Morgan fingerprint density at radius 1 is 0.885 bits per heavy atom. The minimum absolute atomic E-state index is 0.118. The number of nitrogens with zero attached hydrogens (tertiary/aromatic N) is 1. The molecule has 2 N–H and O–H groups in total. The van der Waals surface area contributed by atoms with Crippen LogP contribution in [0.5, 0.6) is 0 Å². The van der Waals surface area contributed by atoms with Gasteiger partial charge in [-0.1, -0.05) is 6.07 Å². The van der Waals surface area contributed by atoms with Crippen LogP contribution in [0, 0.1) is 13.8 Å². The van der Waals surface area contributed by atoms with Crippen molar-refractivity contribution in [2.24, 2.45) is 0 Å². The molecule has 26 heavy (non-hydrogen) atoms. The van der Waals surface area contributed by atoms with Crippen molar-refractivity contribution in [3.8, 4) is 0 Å². The summed E-state index contributed by atoms with van der Waals surface area (Å²) in [6, 6.07) is 13.7. The van der Waals surface area contributed by atoms with Crippen LogP contribution in [0.3, 0.4) is 0 Å². The molecular formula is C21H25N3OS. The highest BCUT2D eigenvalue weighted by Gasteiger charge is 2.17. The van der Waals surface area contributed by atoms with Crippen LogP contribution in [-0.4, -0.2) is 29.0 Å². The Hall–Kier alpha value is -2.40. The van der Waals surface area contributed by atoms with Crippen molar-refractivity contribution < 1.29 is 4.79 Å². The van der Waals surface area contributed by atoms with Crippen LogP contribution in [0.2, 0.25) is 0 Å².